The molecule has 0 aromatic heterocycles. The monoisotopic (exact) mass is 298 g/mol. The molecule has 1 aliphatic carbocycles. The highest BCUT2D eigenvalue weighted by Gasteiger charge is 2.32. The molecule has 2 aliphatic rings. The molecule has 20 heavy (non-hydrogen) atoms. The van der Waals surface area contributed by atoms with Gasteiger partial charge in [-0.1, -0.05) is 26.2 Å². The van der Waals surface area contributed by atoms with Crippen molar-refractivity contribution in [2.75, 3.05) is 32.4 Å². The minimum absolute atomic E-state index is 0.533. The van der Waals surface area contributed by atoms with Crippen molar-refractivity contribution < 1.29 is 0 Å². The number of piperidine rings is 1. The van der Waals surface area contributed by atoms with Gasteiger partial charge in [-0.3, -0.25) is 0 Å². The Labute approximate surface area is 130 Å². The summed E-state index contributed by atoms with van der Waals surface area (Å²) in [6, 6.07) is 0.676. The number of rotatable bonds is 6. The van der Waals surface area contributed by atoms with E-state index in [1.807, 2.05) is 0 Å². The topological polar surface area (TPSA) is 15.3 Å². The van der Waals surface area contributed by atoms with Crippen molar-refractivity contribution in [2.45, 2.75) is 69.6 Å². The van der Waals surface area contributed by atoms with E-state index in [0.717, 1.165) is 5.92 Å². The largest absolute Gasteiger partial charge is 0.313 e. The molecule has 0 aromatic rings. The van der Waals surface area contributed by atoms with Crippen molar-refractivity contribution in [2.24, 2.45) is 5.92 Å². The van der Waals surface area contributed by atoms with Crippen LogP contribution in [0.1, 0.15) is 58.8 Å². The summed E-state index contributed by atoms with van der Waals surface area (Å²) in [6.45, 7) is 9.77. The molecule has 0 spiro atoms. The van der Waals surface area contributed by atoms with Crippen molar-refractivity contribution in [3.8, 4) is 0 Å². The van der Waals surface area contributed by atoms with Crippen molar-refractivity contribution in [3.05, 3.63) is 0 Å². The van der Waals surface area contributed by atoms with E-state index in [0.29, 0.717) is 10.8 Å². The van der Waals surface area contributed by atoms with Crippen LogP contribution in [0.3, 0.4) is 0 Å². The van der Waals surface area contributed by atoms with Crippen LogP contribution in [-0.4, -0.2) is 48.1 Å². The van der Waals surface area contributed by atoms with Gasteiger partial charge in [-0.25, -0.2) is 0 Å². The molecule has 2 nitrogen and oxygen atoms in total. The molecule has 0 amide bonds. The van der Waals surface area contributed by atoms with Crippen LogP contribution in [0.4, 0.5) is 0 Å². The zero-order valence-corrected chi connectivity index (χ0v) is 14.6. The van der Waals surface area contributed by atoms with Gasteiger partial charge in [0, 0.05) is 23.9 Å². The maximum Gasteiger partial charge on any atom is 0.0281 e. The first-order valence-electron chi connectivity index (χ1n) is 8.70. The van der Waals surface area contributed by atoms with Crippen LogP contribution in [0.2, 0.25) is 0 Å². The zero-order valence-electron chi connectivity index (χ0n) is 13.8. The van der Waals surface area contributed by atoms with Gasteiger partial charge in [0.2, 0.25) is 0 Å². The molecule has 0 bridgehead atoms. The molecule has 2 unspecified atom stereocenters. The maximum atomic E-state index is 3.91. The highest BCUT2D eigenvalue weighted by Crippen LogP contribution is 2.38. The number of hydrogen-bond acceptors (Lipinski definition) is 3. The molecule has 1 N–H and O–H groups in total. The Morgan fingerprint density at radius 1 is 1.25 bits per heavy atom. The Bertz CT molecular complexity index is 276. The van der Waals surface area contributed by atoms with Crippen LogP contribution in [0.5, 0.6) is 0 Å². The van der Waals surface area contributed by atoms with E-state index < -0.39 is 0 Å². The molecule has 1 aliphatic heterocycles. The Morgan fingerprint density at radius 2 is 2.00 bits per heavy atom. The highest BCUT2D eigenvalue weighted by atomic mass is 32.2. The summed E-state index contributed by atoms with van der Waals surface area (Å²) in [6.07, 6.45) is 12.3. The summed E-state index contributed by atoms with van der Waals surface area (Å²) in [5, 5.41) is 3.91. The lowest BCUT2D eigenvalue weighted by Crippen LogP contribution is -2.48. The number of hydrogen-bond donors (Lipinski definition) is 1. The normalized spacial score (nSPS) is 29.2. The van der Waals surface area contributed by atoms with Gasteiger partial charge in [0.15, 0.2) is 0 Å². The minimum atomic E-state index is 0.533. The molecule has 118 valence electrons. The van der Waals surface area contributed by atoms with Gasteiger partial charge in [0.25, 0.3) is 0 Å². The van der Waals surface area contributed by atoms with Gasteiger partial charge in [-0.15, -0.1) is 0 Å². The van der Waals surface area contributed by atoms with Crippen LogP contribution in [0.15, 0.2) is 0 Å². The first-order chi connectivity index (χ1) is 9.69. The maximum absolute atomic E-state index is 3.91. The molecule has 2 atom stereocenters. The molecule has 1 saturated heterocycles. The average molecular weight is 299 g/mol. The lowest BCUT2D eigenvalue weighted by Gasteiger charge is -2.40. The lowest BCUT2D eigenvalue weighted by molar-refractivity contribution is 0.155. The Hall–Kier alpha value is 0.270. The van der Waals surface area contributed by atoms with Crippen LogP contribution in [-0.2, 0) is 0 Å². The Morgan fingerprint density at radius 3 is 2.65 bits per heavy atom. The quantitative estimate of drug-likeness (QED) is 0.804. The van der Waals surface area contributed by atoms with Crippen LogP contribution >= 0.6 is 11.8 Å². The summed E-state index contributed by atoms with van der Waals surface area (Å²) in [5.41, 5.74) is 0. The molecular weight excluding hydrogens is 264 g/mol. The number of likely N-dealkylation sites (tertiary alicyclic amines) is 1. The first kappa shape index (κ1) is 16.6. The van der Waals surface area contributed by atoms with Crippen molar-refractivity contribution in [3.63, 3.8) is 0 Å². The van der Waals surface area contributed by atoms with Gasteiger partial charge in [0.05, 0.1) is 0 Å². The predicted octanol–water partition coefficient (Wildman–Crippen LogP) is 3.76. The molecule has 2 rings (SSSR count). The molecular formula is C17H34N2S. The SMILES string of the molecule is CCN1CCCC(C(C)NCC2(SC)CCCCC2)C1. The molecule has 3 heteroatoms. The van der Waals surface area contributed by atoms with Gasteiger partial charge in [-0.05, 0) is 57.9 Å². The molecule has 0 aromatic carbocycles. The summed E-state index contributed by atoms with van der Waals surface area (Å²) in [5.74, 6) is 0.853. The number of nitrogens with zero attached hydrogens (tertiary/aromatic N) is 1. The standard InChI is InChI=1S/C17H34N2S/c1-4-19-12-8-9-16(13-19)15(2)18-14-17(20-3)10-6-5-7-11-17/h15-16,18H,4-14H2,1-3H3. The Balaban J connectivity index is 1.79. The third kappa shape index (κ3) is 4.38. The van der Waals surface area contributed by atoms with E-state index in [9.17, 15) is 0 Å². The lowest BCUT2D eigenvalue weighted by atomic mass is 9.87. The summed E-state index contributed by atoms with van der Waals surface area (Å²) < 4.78 is 0.533. The third-order valence-corrected chi connectivity index (χ3v) is 7.06. The molecule has 1 saturated carbocycles. The molecule has 2 fully saturated rings. The van der Waals surface area contributed by atoms with Crippen molar-refractivity contribution >= 4 is 11.8 Å². The van der Waals surface area contributed by atoms with Gasteiger partial charge in [-0.2, -0.15) is 11.8 Å². The molecule has 0 radical (unpaired) electrons. The van der Waals surface area contributed by atoms with E-state index in [2.05, 4.69) is 42.1 Å². The Kier molecular flexibility index (Phi) is 6.70. The van der Waals surface area contributed by atoms with E-state index in [1.165, 1.54) is 71.1 Å². The fourth-order valence-electron chi connectivity index (χ4n) is 3.95. The summed E-state index contributed by atoms with van der Waals surface area (Å²) in [4.78, 5) is 2.62. The fraction of sp³-hybridized carbons (Fsp3) is 1.00. The van der Waals surface area contributed by atoms with Crippen molar-refractivity contribution in [1.29, 1.82) is 0 Å². The van der Waals surface area contributed by atoms with E-state index in [1.54, 1.807) is 0 Å². The van der Waals surface area contributed by atoms with Gasteiger partial charge in [0.1, 0.15) is 0 Å². The average Bonchev–Trinajstić information content (AvgIpc) is 2.53. The third-order valence-electron chi connectivity index (χ3n) is 5.64. The second kappa shape index (κ2) is 8.05. The highest BCUT2D eigenvalue weighted by molar-refractivity contribution is 8.00. The van der Waals surface area contributed by atoms with Crippen LogP contribution in [0.25, 0.3) is 0 Å². The molecule has 1 heterocycles. The zero-order chi connectivity index (χ0) is 14.4. The second-order valence-electron chi connectivity index (χ2n) is 6.91. The smallest absolute Gasteiger partial charge is 0.0281 e. The van der Waals surface area contributed by atoms with E-state index in [4.69, 9.17) is 0 Å². The van der Waals surface area contributed by atoms with Crippen LogP contribution in [0, 0.1) is 5.92 Å². The second-order valence-corrected chi connectivity index (χ2v) is 8.19. The van der Waals surface area contributed by atoms with Gasteiger partial charge < -0.3 is 10.2 Å². The minimum Gasteiger partial charge on any atom is -0.313 e. The van der Waals surface area contributed by atoms with E-state index >= 15 is 0 Å². The fourth-order valence-corrected chi connectivity index (χ4v) is 4.87. The summed E-state index contributed by atoms with van der Waals surface area (Å²) in [7, 11) is 0. The van der Waals surface area contributed by atoms with Crippen LogP contribution < -0.4 is 5.32 Å². The van der Waals surface area contributed by atoms with Gasteiger partial charge >= 0.3 is 0 Å². The first-order valence-corrected chi connectivity index (χ1v) is 9.92. The van der Waals surface area contributed by atoms with E-state index in [-0.39, 0.29) is 0 Å². The number of thioether (sulfide) groups is 1. The predicted molar refractivity (Wildman–Crippen MR) is 91.6 cm³/mol. The number of nitrogens with one attached hydrogen (secondary N) is 1. The van der Waals surface area contributed by atoms with Crippen molar-refractivity contribution in [1.82, 2.24) is 10.2 Å². The summed E-state index contributed by atoms with van der Waals surface area (Å²) >= 11 is 2.11.